The lowest BCUT2D eigenvalue weighted by Crippen LogP contribution is -1.96. The van der Waals surface area contributed by atoms with Crippen molar-refractivity contribution in [3.8, 4) is 23.7 Å². The average Bonchev–Trinajstić information content (AvgIpc) is 3.84. The Hall–Kier alpha value is -5.16. The first-order valence-electron chi connectivity index (χ1n) is 17.7. The summed E-state index contributed by atoms with van der Waals surface area (Å²) in [5.41, 5.74) is 30.3. The molecule has 0 spiro atoms. The van der Waals surface area contributed by atoms with Gasteiger partial charge in [0, 0.05) is 11.4 Å². The number of aromatic nitrogens is 2. The monoisotopic (exact) mass is 630 g/mol. The van der Waals surface area contributed by atoms with Gasteiger partial charge in [0.1, 0.15) is 11.4 Å². The third-order valence-corrected chi connectivity index (χ3v) is 9.39. The molecule has 0 atom stereocenters. The Bertz CT molecular complexity index is 1990. The van der Waals surface area contributed by atoms with Crippen molar-refractivity contribution in [2.45, 2.75) is 107 Å². The van der Waals surface area contributed by atoms with E-state index in [0.29, 0.717) is 0 Å². The molecule has 48 heavy (non-hydrogen) atoms. The minimum atomic E-state index is 0.812. The fourth-order valence-electron chi connectivity index (χ4n) is 7.12. The Morgan fingerprint density at radius 2 is 0.833 bits per heavy atom. The highest BCUT2D eigenvalue weighted by Gasteiger charge is 2.21. The maximum absolute atomic E-state index is 5.00. The number of allylic oxidation sites excluding steroid dienone is 6. The fraction of sp³-hybridized carbons (Fsp3) is 0.364. The molecule has 0 fully saturated rings. The maximum atomic E-state index is 5.00. The molecular formula is C44H46N4. The van der Waals surface area contributed by atoms with Crippen molar-refractivity contribution in [1.29, 1.82) is 0 Å². The third kappa shape index (κ3) is 6.64. The van der Waals surface area contributed by atoms with Crippen molar-refractivity contribution < 1.29 is 0 Å². The second-order valence-electron chi connectivity index (χ2n) is 11.8. The second-order valence-corrected chi connectivity index (χ2v) is 11.8. The number of nitrogens with one attached hydrogen (secondary N) is 2. The highest BCUT2D eigenvalue weighted by atomic mass is 14.8. The molecule has 0 saturated carbocycles. The van der Waals surface area contributed by atoms with Gasteiger partial charge in [-0.15, -0.1) is 0 Å². The van der Waals surface area contributed by atoms with Crippen molar-refractivity contribution in [3.05, 3.63) is 114 Å². The predicted molar refractivity (Wildman–Crippen MR) is 202 cm³/mol. The van der Waals surface area contributed by atoms with Gasteiger partial charge in [-0.25, -0.2) is 9.98 Å². The Labute approximate surface area is 287 Å². The lowest BCUT2D eigenvalue weighted by atomic mass is 9.99. The summed E-state index contributed by atoms with van der Waals surface area (Å²) in [6, 6.07) is 0. The second kappa shape index (κ2) is 15.6. The zero-order valence-electron chi connectivity index (χ0n) is 29.9. The van der Waals surface area contributed by atoms with E-state index in [4.69, 9.17) is 9.98 Å². The topological polar surface area (TPSA) is 56.3 Å². The molecule has 0 unspecified atom stereocenters. The minimum absolute atomic E-state index is 0.812. The molecule has 3 aliphatic rings. The summed E-state index contributed by atoms with van der Waals surface area (Å²) in [4.78, 5) is 17.2. The van der Waals surface area contributed by atoms with Gasteiger partial charge in [0.25, 0.3) is 0 Å². The Morgan fingerprint density at radius 1 is 0.458 bits per heavy atom. The van der Waals surface area contributed by atoms with Crippen LogP contribution < -0.4 is 0 Å². The highest BCUT2D eigenvalue weighted by Crippen LogP contribution is 2.32. The Morgan fingerprint density at radius 3 is 1.17 bits per heavy atom. The number of aromatic amines is 2. The van der Waals surface area contributed by atoms with Gasteiger partial charge >= 0.3 is 0 Å². The first kappa shape index (κ1) is 34.2. The molecule has 8 bridgehead atoms. The molecular weight excluding hydrogens is 585 g/mol. The van der Waals surface area contributed by atoms with Crippen LogP contribution in [0.4, 0.5) is 0 Å². The molecule has 5 rings (SSSR count). The fourth-order valence-corrected chi connectivity index (χ4v) is 7.12. The molecule has 4 nitrogen and oxygen atoms in total. The van der Waals surface area contributed by atoms with E-state index < -0.39 is 0 Å². The first-order valence-corrected chi connectivity index (χ1v) is 17.7. The van der Waals surface area contributed by atoms with Gasteiger partial charge in [0.05, 0.1) is 22.8 Å². The normalized spacial score (nSPS) is 15.8. The van der Waals surface area contributed by atoms with Gasteiger partial charge in [-0.2, -0.15) is 0 Å². The van der Waals surface area contributed by atoms with Crippen molar-refractivity contribution in [3.63, 3.8) is 0 Å². The van der Waals surface area contributed by atoms with Gasteiger partial charge < -0.3 is 9.97 Å². The van der Waals surface area contributed by atoms with Gasteiger partial charge in [-0.3, -0.25) is 0 Å². The lowest BCUT2D eigenvalue weighted by molar-refractivity contribution is 1.05. The molecule has 0 radical (unpaired) electrons. The molecule has 4 heteroatoms. The van der Waals surface area contributed by atoms with E-state index in [1.165, 1.54) is 44.5 Å². The van der Waals surface area contributed by atoms with Crippen molar-refractivity contribution in [1.82, 2.24) is 9.97 Å². The third-order valence-electron chi connectivity index (χ3n) is 9.39. The van der Waals surface area contributed by atoms with E-state index in [2.05, 4.69) is 136 Å². The molecule has 2 aromatic rings. The molecule has 242 valence electrons. The minimum Gasteiger partial charge on any atom is -0.348 e. The zero-order valence-corrected chi connectivity index (χ0v) is 29.9. The summed E-state index contributed by atoms with van der Waals surface area (Å²) < 4.78 is 0. The summed E-state index contributed by atoms with van der Waals surface area (Å²) >= 11 is 0. The SMILES string of the molecule is CCC1=C(CC)C2=NC1=C=C=C=C=C1N=C(/C=C\c3[nH]c(c(CC)c3CC)C#CC#Cc3[nH]c(c(CC)c3CC)C=C2)C(CC)=C1CC. The first-order chi connectivity index (χ1) is 23.5. The van der Waals surface area contributed by atoms with Crippen LogP contribution in [0, 0.1) is 23.7 Å². The molecule has 5 heterocycles. The van der Waals surface area contributed by atoms with Crippen LogP contribution in [0.1, 0.15) is 126 Å². The Kier molecular flexibility index (Phi) is 11.1. The van der Waals surface area contributed by atoms with Crippen LogP contribution >= 0.6 is 0 Å². The van der Waals surface area contributed by atoms with E-state index in [9.17, 15) is 0 Å². The molecule has 0 amide bonds. The van der Waals surface area contributed by atoms with Crippen LogP contribution in [-0.2, 0) is 25.7 Å². The zero-order chi connectivity index (χ0) is 34.2. The Balaban J connectivity index is 1.78. The summed E-state index contributed by atoms with van der Waals surface area (Å²) in [5.74, 6) is 13.0. The van der Waals surface area contributed by atoms with E-state index in [1.54, 1.807) is 0 Å². The number of hydrogen-bond acceptors (Lipinski definition) is 2. The predicted octanol–water partition coefficient (Wildman–Crippen LogP) is 10.0. The van der Waals surface area contributed by atoms with E-state index in [1.807, 2.05) is 0 Å². The van der Waals surface area contributed by atoms with Crippen LogP contribution in [0.25, 0.3) is 12.2 Å². The van der Waals surface area contributed by atoms with Crippen molar-refractivity contribution in [2.75, 3.05) is 0 Å². The van der Waals surface area contributed by atoms with E-state index in [-0.39, 0.29) is 0 Å². The van der Waals surface area contributed by atoms with E-state index >= 15 is 0 Å². The van der Waals surface area contributed by atoms with E-state index in [0.717, 1.165) is 97.0 Å². The van der Waals surface area contributed by atoms with Crippen molar-refractivity contribution >= 4 is 23.6 Å². The molecule has 3 aliphatic heterocycles. The number of nitrogens with zero attached hydrogens (tertiary/aromatic N) is 2. The maximum Gasteiger partial charge on any atom is 0.118 e. The average molecular weight is 631 g/mol. The van der Waals surface area contributed by atoms with Crippen LogP contribution in [0.5, 0.6) is 0 Å². The van der Waals surface area contributed by atoms with Crippen LogP contribution in [0.15, 0.2) is 78.7 Å². The number of aliphatic imine (C=N–C) groups is 2. The molecule has 0 aliphatic carbocycles. The number of hydrogen-bond donors (Lipinski definition) is 2. The van der Waals surface area contributed by atoms with Crippen molar-refractivity contribution in [2.24, 2.45) is 9.98 Å². The van der Waals surface area contributed by atoms with Gasteiger partial charge in [-0.05, 0) is 167 Å². The number of rotatable bonds is 8. The summed E-state index contributed by atoms with van der Waals surface area (Å²) in [6.07, 6.45) is 15.7. The molecule has 0 aromatic carbocycles. The number of fused-ring (bicyclic) bond motifs is 6. The molecule has 0 saturated heterocycles. The van der Waals surface area contributed by atoms with Gasteiger partial charge in [0.15, 0.2) is 0 Å². The van der Waals surface area contributed by atoms with Gasteiger partial charge in [-0.1, -0.05) is 55.4 Å². The summed E-state index contributed by atoms with van der Waals surface area (Å²) in [5, 5.41) is 0. The smallest absolute Gasteiger partial charge is 0.118 e. The quantitative estimate of drug-likeness (QED) is 0.215. The molecule has 2 N–H and O–H groups in total. The van der Waals surface area contributed by atoms with Crippen LogP contribution in [0.3, 0.4) is 0 Å². The summed E-state index contributed by atoms with van der Waals surface area (Å²) in [6.45, 7) is 17.5. The standard InChI is InChI=1S/C44H46N4/c1-9-29-33(13-5)41-25-26-42-34(14-6)30(10-2)39(46-42)23-19-20-24-40-32(12-4)36(16-8)44(48-40)28-27-43-35(15-7)31(11-3)38(47-43)22-18-17-21-37(29)45-41/h25-28,45,47H,9-16H2,1-8H3/b26-25-,28-27?,41-25?,42-26?,43-27?,44-28?. The molecule has 2 aromatic heterocycles. The largest absolute Gasteiger partial charge is 0.348 e. The van der Waals surface area contributed by atoms with Crippen LogP contribution in [0.2, 0.25) is 0 Å². The van der Waals surface area contributed by atoms with Crippen LogP contribution in [-0.4, -0.2) is 21.4 Å². The summed E-state index contributed by atoms with van der Waals surface area (Å²) in [7, 11) is 0. The number of H-pyrrole nitrogens is 2. The highest BCUT2D eigenvalue weighted by molar-refractivity contribution is 6.14. The van der Waals surface area contributed by atoms with Gasteiger partial charge in [0.2, 0.25) is 0 Å². The lowest BCUT2D eigenvalue weighted by Gasteiger charge is -2.03.